The lowest BCUT2D eigenvalue weighted by Crippen LogP contribution is -2.19. The molecule has 2 unspecified atom stereocenters. The molecule has 0 saturated heterocycles. The van der Waals surface area contributed by atoms with Crippen molar-refractivity contribution in [1.29, 1.82) is 0 Å². The molecule has 1 aromatic carbocycles. The number of aryl methyl sites for hydroxylation is 1. The van der Waals surface area contributed by atoms with Crippen LogP contribution in [0.3, 0.4) is 0 Å². The molecular weight excluding hydrogens is 427 g/mol. The van der Waals surface area contributed by atoms with Crippen LogP contribution in [0.1, 0.15) is 43.1 Å². The van der Waals surface area contributed by atoms with Gasteiger partial charge in [-0.25, -0.2) is 15.0 Å². The van der Waals surface area contributed by atoms with E-state index in [9.17, 15) is 18.3 Å². The van der Waals surface area contributed by atoms with Gasteiger partial charge in [-0.15, -0.1) is 0 Å². The largest absolute Gasteiger partial charge is 0.494 e. The molecule has 172 valence electrons. The van der Waals surface area contributed by atoms with Gasteiger partial charge in [0.15, 0.2) is 0 Å². The highest BCUT2D eigenvalue weighted by Gasteiger charge is 2.29. The van der Waals surface area contributed by atoms with E-state index in [4.69, 9.17) is 9.47 Å². The summed E-state index contributed by atoms with van der Waals surface area (Å²) in [6.45, 7) is 3.43. The SMILES string of the molecule is COc1cc(Nc2nc(C(C)O)cc(C(C)OCC(F)(F)F)n2)ccc1-n1cnc(C)c1. The lowest BCUT2D eigenvalue weighted by Gasteiger charge is -2.17. The number of nitrogens with one attached hydrogen (secondary N) is 1. The lowest BCUT2D eigenvalue weighted by atomic mass is 10.2. The van der Waals surface area contributed by atoms with Gasteiger partial charge < -0.3 is 24.5 Å². The van der Waals surface area contributed by atoms with Gasteiger partial charge >= 0.3 is 6.18 Å². The van der Waals surface area contributed by atoms with Gasteiger partial charge in [0, 0.05) is 18.0 Å². The van der Waals surface area contributed by atoms with Crippen molar-refractivity contribution in [3.8, 4) is 11.4 Å². The highest BCUT2D eigenvalue weighted by atomic mass is 19.4. The van der Waals surface area contributed by atoms with Crippen LogP contribution < -0.4 is 10.1 Å². The first-order valence-electron chi connectivity index (χ1n) is 9.77. The van der Waals surface area contributed by atoms with Gasteiger partial charge in [-0.3, -0.25) is 0 Å². The Bertz CT molecular complexity index is 1070. The number of halogens is 3. The van der Waals surface area contributed by atoms with Gasteiger partial charge in [0.05, 0.1) is 48.4 Å². The Kier molecular flexibility index (Phi) is 6.99. The minimum absolute atomic E-state index is 0.106. The van der Waals surface area contributed by atoms with E-state index in [0.717, 1.165) is 11.4 Å². The topological polar surface area (TPSA) is 94.3 Å². The fraction of sp³-hybridized carbons (Fsp3) is 0.381. The predicted octanol–water partition coefficient (Wildman–Crippen LogP) is 4.42. The second kappa shape index (κ2) is 9.53. The Morgan fingerprint density at radius 2 is 1.88 bits per heavy atom. The van der Waals surface area contributed by atoms with E-state index in [0.29, 0.717) is 11.4 Å². The van der Waals surface area contributed by atoms with Gasteiger partial charge in [0.2, 0.25) is 5.95 Å². The van der Waals surface area contributed by atoms with Gasteiger partial charge in [0.25, 0.3) is 0 Å². The van der Waals surface area contributed by atoms with Crippen molar-refractivity contribution in [3.05, 3.63) is 53.9 Å². The normalized spacial score (nSPS) is 13.6. The Morgan fingerprint density at radius 3 is 2.47 bits per heavy atom. The third kappa shape index (κ3) is 5.95. The number of nitrogens with zero attached hydrogens (tertiary/aromatic N) is 4. The second-order valence-electron chi connectivity index (χ2n) is 7.22. The Hall–Kier alpha value is -3.18. The van der Waals surface area contributed by atoms with Crippen LogP contribution in [0, 0.1) is 6.92 Å². The number of methoxy groups -OCH3 is 1. The molecule has 0 spiro atoms. The average molecular weight is 451 g/mol. The quantitative estimate of drug-likeness (QED) is 0.524. The van der Waals surface area contributed by atoms with Crippen molar-refractivity contribution in [2.24, 2.45) is 0 Å². The third-order valence-electron chi connectivity index (χ3n) is 4.53. The van der Waals surface area contributed by atoms with E-state index < -0.39 is 25.0 Å². The van der Waals surface area contributed by atoms with E-state index in [-0.39, 0.29) is 17.3 Å². The number of hydrogen-bond donors (Lipinski definition) is 2. The van der Waals surface area contributed by atoms with Crippen LogP contribution in [0.25, 0.3) is 5.69 Å². The van der Waals surface area contributed by atoms with Crippen molar-refractivity contribution in [1.82, 2.24) is 19.5 Å². The molecule has 8 nitrogen and oxygen atoms in total. The van der Waals surface area contributed by atoms with Crippen LogP contribution in [0.15, 0.2) is 36.8 Å². The average Bonchev–Trinajstić information content (AvgIpc) is 3.17. The summed E-state index contributed by atoms with van der Waals surface area (Å²) in [7, 11) is 1.54. The highest BCUT2D eigenvalue weighted by Crippen LogP contribution is 2.29. The number of rotatable bonds is 8. The molecule has 2 atom stereocenters. The molecule has 0 aliphatic heterocycles. The molecule has 3 aromatic rings. The zero-order chi connectivity index (χ0) is 23.5. The third-order valence-corrected chi connectivity index (χ3v) is 4.53. The summed E-state index contributed by atoms with van der Waals surface area (Å²) in [6.07, 6.45) is -2.84. The van der Waals surface area contributed by atoms with Gasteiger partial charge in [-0.05, 0) is 39.0 Å². The number of aromatic nitrogens is 4. The molecule has 3 rings (SSSR count). The summed E-state index contributed by atoms with van der Waals surface area (Å²) in [4.78, 5) is 12.7. The van der Waals surface area contributed by atoms with Crippen LogP contribution >= 0.6 is 0 Å². The standard InChI is InChI=1S/C21H24F3N5O3/c1-12-9-29(11-25-12)18-6-5-15(7-19(18)31-4)26-20-27-16(13(2)30)8-17(28-20)14(3)32-10-21(22,23)24/h5-9,11,13-14,30H,10H2,1-4H3,(H,26,27,28). The fourth-order valence-electron chi connectivity index (χ4n) is 2.92. The molecule has 11 heteroatoms. The van der Waals surface area contributed by atoms with Gasteiger partial charge in [-0.2, -0.15) is 13.2 Å². The monoisotopic (exact) mass is 451 g/mol. The molecule has 32 heavy (non-hydrogen) atoms. The maximum atomic E-state index is 12.5. The summed E-state index contributed by atoms with van der Waals surface area (Å²) in [6, 6.07) is 6.74. The number of ether oxygens (including phenoxy) is 2. The number of aliphatic hydroxyl groups is 1. The zero-order valence-corrected chi connectivity index (χ0v) is 18.0. The smallest absolute Gasteiger partial charge is 0.411 e. The Morgan fingerprint density at radius 1 is 1.16 bits per heavy atom. The second-order valence-corrected chi connectivity index (χ2v) is 7.22. The molecule has 2 heterocycles. The summed E-state index contributed by atoms with van der Waals surface area (Å²) < 4.78 is 49.7. The minimum atomic E-state index is -4.46. The number of benzene rings is 1. The highest BCUT2D eigenvalue weighted by molar-refractivity contribution is 5.62. The van der Waals surface area contributed by atoms with Crippen molar-refractivity contribution in [3.63, 3.8) is 0 Å². The number of imidazole rings is 1. The molecule has 0 amide bonds. The first kappa shape index (κ1) is 23.5. The predicted molar refractivity (Wildman–Crippen MR) is 111 cm³/mol. The molecule has 0 aliphatic carbocycles. The van der Waals surface area contributed by atoms with E-state index >= 15 is 0 Å². The molecule has 0 fully saturated rings. The number of aliphatic hydroxyl groups excluding tert-OH is 1. The number of anilines is 2. The van der Waals surface area contributed by atoms with E-state index in [1.165, 1.54) is 27.0 Å². The van der Waals surface area contributed by atoms with Crippen molar-refractivity contribution in [2.75, 3.05) is 19.0 Å². The Balaban J connectivity index is 1.88. The van der Waals surface area contributed by atoms with E-state index in [1.807, 2.05) is 23.8 Å². The molecule has 2 aromatic heterocycles. The molecular formula is C21H24F3N5O3. The fourth-order valence-corrected chi connectivity index (χ4v) is 2.92. The molecule has 0 bridgehead atoms. The Labute approximate surface area is 183 Å². The number of alkyl halides is 3. The minimum Gasteiger partial charge on any atom is -0.494 e. The van der Waals surface area contributed by atoms with Crippen molar-refractivity contribution < 1.29 is 27.8 Å². The summed E-state index contributed by atoms with van der Waals surface area (Å²) in [5, 5.41) is 13.0. The molecule has 0 saturated carbocycles. The van der Waals surface area contributed by atoms with Crippen molar-refractivity contribution >= 4 is 11.6 Å². The summed E-state index contributed by atoms with van der Waals surface area (Å²) >= 11 is 0. The van der Waals surface area contributed by atoms with Crippen LogP contribution in [-0.2, 0) is 4.74 Å². The zero-order valence-electron chi connectivity index (χ0n) is 18.0. The lowest BCUT2D eigenvalue weighted by molar-refractivity contribution is -0.184. The van der Waals surface area contributed by atoms with Crippen LogP contribution in [0.4, 0.5) is 24.8 Å². The maximum Gasteiger partial charge on any atom is 0.411 e. The first-order chi connectivity index (χ1) is 15.1. The van der Waals surface area contributed by atoms with E-state index in [1.54, 1.807) is 18.5 Å². The molecule has 0 aliphatic rings. The van der Waals surface area contributed by atoms with Crippen LogP contribution in [0.2, 0.25) is 0 Å². The maximum absolute atomic E-state index is 12.5. The summed E-state index contributed by atoms with van der Waals surface area (Å²) in [5.74, 6) is 0.662. The molecule has 0 radical (unpaired) electrons. The van der Waals surface area contributed by atoms with Crippen LogP contribution in [0.5, 0.6) is 5.75 Å². The summed E-state index contributed by atoms with van der Waals surface area (Å²) in [5.41, 5.74) is 2.66. The molecule has 2 N–H and O–H groups in total. The first-order valence-corrected chi connectivity index (χ1v) is 9.77. The van der Waals surface area contributed by atoms with Gasteiger partial charge in [-0.1, -0.05) is 0 Å². The number of hydrogen-bond acceptors (Lipinski definition) is 7. The van der Waals surface area contributed by atoms with Crippen LogP contribution in [-0.4, -0.2) is 44.5 Å². The van der Waals surface area contributed by atoms with Gasteiger partial charge in [0.1, 0.15) is 12.4 Å². The van der Waals surface area contributed by atoms with Crippen molar-refractivity contribution in [2.45, 2.75) is 39.2 Å². The van der Waals surface area contributed by atoms with E-state index in [2.05, 4.69) is 20.3 Å².